The minimum absolute atomic E-state index is 0.0535. The van der Waals surface area contributed by atoms with Crippen molar-refractivity contribution in [3.05, 3.63) is 18.0 Å². The second-order valence-corrected chi connectivity index (χ2v) is 6.20. The maximum atomic E-state index is 12.2. The number of carboxylic acid groups (broad SMARTS) is 1. The number of nitrogens with zero attached hydrogens (tertiary/aromatic N) is 2. The highest BCUT2D eigenvalue weighted by Crippen LogP contribution is 2.15. The Hall–Kier alpha value is -1.87. The first-order valence-electron chi connectivity index (χ1n) is 5.71. The summed E-state index contributed by atoms with van der Waals surface area (Å²) in [6.07, 6.45) is 1.29. The molecule has 1 amide bonds. The molecule has 0 saturated heterocycles. The van der Waals surface area contributed by atoms with Crippen LogP contribution in [0.3, 0.4) is 0 Å². The highest BCUT2D eigenvalue weighted by Gasteiger charge is 2.26. The van der Waals surface area contributed by atoms with E-state index in [-0.39, 0.29) is 10.6 Å². The summed E-state index contributed by atoms with van der Waals surface area (Å²) < 4.78 is 26.8. The Balaban J connectivity index is 3.16. The van der Waals surface area contributed by atoms with Crippen molar-refractivity contribution < 1.29 is 23.1 Å². The maximum Gasteiger partial charge on any atom is 0.326 e. The van der Waals surface area contributed by atoms with Crippen LogP contribution in [-0.2, 0) is 21.9 Å². The molecule has 0 aliphatic rings. The molecular weight excluding hydrogens is 286 g/mol. The number of aryl methyl sites for hydroxylation is 1. The molecule has 1 rings (SSSR count). The fraction of sp³-hybridized carbons (Fsp3) is 0.455. The van der Waals surface area contributed by atoms with E-state index in [2.05, 4.69) is 4.72 Å². The number of aromatic nitrogens is 1. The highest BCUT2D eigenvalue weighted by atomic mass is 32.2. The molecule has 0 radical (unpaired) electrons. The lowest BCUT2D eigenvalue weighted by molar-refractivity contribution is -0.141. The van der Waals surface area contributed by atoms with E-state index in [1.165, 1.54) is 44.9 Å². The first kappa shape index (κ1) is 16.2. The topological polar surface area (TPSA) is 109 Å². The van der Waals surface area contributed by atoms with E-state index < -0.39 is 27.9 Å². The first-order chi connectivity index (χ1) is 9.11. The van der Waals surface area contributed by atoms with E-state index in [0.29, 0.717) is 0 Å². The Kier molecular flexibility index (Phi) is 4.56. The molecule has 1 aromatic heterocycles. The summed E-state index contributed by atoms with van der Waals surface area (Å²) in [5.41, 5.74) is 0.0921. The molecule has 2 N–H and O–H groups in total. The Morgan fingerprint density at radius 3 is 2.45 bits per heavy atom. The van der Waals surface area contributed by atoms with Crippen LogP contribution in [0, 0.1) is 0 Å². The molecule has 112 valence electrons. The van der Waals surface area contributed by atoms with Gasteiger partial charge in [0.1, 0.15) is 16.6 Å². The number of sulfonamides is 1. The molecule has 1 aromatic rings. The van der Waals surface area contributed by atoms with Crippen molar-refractivity contribution in [2.45, 2.75) is 17.9 Å². The minimum Gasteiger partial charge on any atom is -0.480 e. The monoisotopic (exact) mass is 303 g/mol. The number of carbonyl (C=O) groups is 2. The van der Waals surface area contributed by atoms with Gasteiger partial charge in [-0.3, -0.25) is 4.79 Å². The van der Waals surface area contributed by atoms with Crippen LogP contribution in [0.1, 0.15) is 17.4 Å². The molecule has 1 heterocycles. The quantitative estimate of drug-likeness (QED) is 0.760. The molecule has 0 fully saturated rings. The molecule has 1 atom stereocenters. The Bertz CT molecular complexity index is 634. The van der Waals surface area contributed by atoms with E-state index in [1.54, 1.807) is 0 Å². The predicted octanol–water partition coefficient (Wildman–Crippen LogP) is -0.522. The van der Waals surface area contributed by atoms with Crippen molar-refractivity contribution in [2.24, 2.45) is 7.05 Å². The van der Waals surface area contributed by atoms with Gasteiger partial charge in [0, 0.05) is 20.3 Å². The Morgan fingerprint density at radius 1 is 1.45 bits per heavy atom. The van der Waals surface area contributed by atoms with Crippen molar-refractivity contribution in [1.29, 1.82) is 0 Å². The summed E-state index contributed by atoms with van der Waals surface area (Å²) >= 11 is 0. The number of rotatable bonds is 5. The summed E-state index contributed by atoms with van der Waals surface area (Å²) in [7, 11) is 0.475. The SMILES string of the molecule is CNS(=O)(=O)c1cc(C(=O)N(C)C(C)C(=O)O)n(C)c1. The van der Waals surface area contributed by atoms with Crippen molar-refractivity contribution in [3.63, 3.8) is 0 Å². The standard InChI is InChI=1S/C11H17N3O5S/c1-7(11(16)17)14(4)10(15)9-5-8(6-13(9)3)20(18,19)12-2/h5-7,12H,1-4H3,(H,16,17). The average molecular weight is 303 g/mol. The summed E-state index contributed by atoms with van der Waals surface area (Å²) in [6.45, 7) is 1.37. The summed E-state index contributed by atoms with van der Waals surface area (Å²) in [5.74, 6) is -1.71. The Labute approximate surface area is 117 Å². The van der Waals surface area contributed by atoms with E-state index in [9.17, 15) is 18.0 Å². The Morgan fingerprint density at radius 2 is 2.00 bits per heavy atom. The number of likely N-dealkylation sites (N-methyl/N-ethyl adjacent to an activating group) is 1. The number of hydrogen-bond acceptors (Lipinski definition) is 4. The molecule has 0 spiro atoms. The summed E-state index contributed by atoms with van der Waals surface area (Å²) in [6, 6.07) is 0.195. The highest BCUT2D eigenvalue weighted by molar-refractivity contribution is 7.89. The van der Waals surface area contributed by atoms with Crippen LogP contribution in [0.4, 0.5) is 0 Å². The van der Waals surface area contributed by atoms with Crippen molar-refractivity contribution >= 4 is 21.9 Å². The maximum absolute atomic E-state index is 12.2. The van der Waals surface area contributed by atoms with Crippen LogP contribution in [0.15, 0.2) is 17.2 Å². The van der Waals surface area contributed by atoms with Gasteiger partial charge >= 0.3 is 5.97 Å². The molecule has 0 aromatic carbocycles. The van der Waals surface area contributed by atoms with Gasteiger partial charge in [0.05, 0.1) is 0 Å². The van der Waals surface area contributed by atoms with Crippen LogP contribution in [-0.4, -0.2) is 55.0 Å². The van der Waals surface area contributed by atoms with Gasteiger partial charge in [-0.2, -0.15) is 0 Å². The third kappa shape index (κ3) is 2.99. The second kappa shape index (κ2) is 5.63. The van der Waals surface area contributed by atoms with Crippen LogP contribution in [0.2, 0.25) is 0 Å². The molecule has 9 heteroatoms. The molecule has 0 aliphatic heterocycles. The molecule has 0 bridgehead atoms. The molecule has 0 saturated carbocycles. The lowest BCUT2D eigenvalue weighted by Gasteiger charge is -2.21. The van der Waals surface area contributed by atoms with Gasteiger partial charge in [-0.15, -0.1) is 0 Å². The number of hydrogen-bond donors (Lipinski definition) is 2. The number of nitrogens with one attached hydrogen (secondary N) is 1. The molecule has 0 aliphatic carbocycles. The van der Waals surface area contributed by atoms with Gasteiger partial charge in [0.15, 0.2) is 0 Å². The number of aliphatic carboxylic acids is 1. The van der Waals surface area contributed by atoms with Gasteiger partial charge in [0.2, 0.25) is 10.0 Å². The van der Waals surface area contributed by atoms with E-state index in [4.69, 9.17) is 5.11 Å². The fourth-order valence-electron chi connectivity index (χ4n) is 1.53. The minimum atomic E-state index is -3.65. The summed E-state index contributed by atoms with van der Waals surface area (Å²) in [4.78, 5) is 24.0. The lowest BCUT2D eigenvalue weighted by atomic mass is 10.2. The lowest BCUT2D eigenvalue weighted by Crippen LogP contribution is -2.40. The van der Waals surface area contributed by atoms with Crippen molar-refractivity contribution in [3.8, 4) is 0 Å². The van der Waals surface area contributed by atoms with E-state index >= 15 is 0 Å². The number of carbonyl (C=O) groups excluding carboxylic acids is 1. The van der Waals surface area contributed by atoms with Gasteiger partial charge in [0.25, 0.3) is 5.91 Å². The van der Waals surface area contributed by atoms with Gasteiger partial charge in [-0.25, -0.2) is 17.9 Å². The summed E-state index contributed by atoms with van der Waals surface area (Å²) in [5, 5.41) is 8.88. The number of amides is 1. The zero-order valence-corrected chi connectivity index (χ0v) is 12.4. The van der Waals surface area contributed by atoms with Gasteiger partial charge in [-0.1, -0.05) is 0 Å². The van der Waals surface area contributed by atoms with E-state index in [0.717, 1.165) is 4.90 Å². The molecule has 8 nitrogen and oxygen atoms in total. The fourth-order valence-corrected chi connectivity index (χ4v) is 2.33. The van der Waals surface area contributed by atoms with Gasteiger partial charge in [-0.05, 0) is 20.0 Å². The normalized spacial score (nSPS) is 13.0. The molecule has 1 unspecified atom stereocenters. The third-order valence-corrected chi connectivity index (χ3v) is 4.42. The first-order valence-corrected chi connectivity index (χ1v) is 7.20. The van der Waals surface area contributed by atoms with Crippen LogP contribution in [0.25, 0.3) is 0 Å². The number of carboxylic acids is 1. The second-order valence-electron chi connectivity index (χ2n) is 4.31. The predicted molar refractivity (Wildman–Crippen MR) is 70.8 cm³/mol. The van der Waals surface area contributed by atoms with Crippen LogP contribution in [0.5, 0.6) is 0 Å². The van der Waals surface area contributed by atoms with Gasteiger partial charge < -0.3 is 14.6 Å². The van der Waals surface area contributed by atoms with Crippen LogP contribution >= 0.6 is 0 Å². The van der Waals surface area contributed by atoms with Crippen molar-refractivity contribution in [1.82, 2.24) is 14.2 Å². The largest absolute Gasteiger partial charge is 0.480 e. The van der Waals surface area contributed by atoms with Crippen LogP contribution < -0.4 is 4.72 Å². The zero-order chi connectivity index (χ0) is 15.7. The van der Waals surface area contributed by atoms with E-state index in [1.807, 2.05) is 0 Å². The zero-order valence-electron chi connectivity index (χ0n) is 11.6. The smallest absolute Gasteiger partial charge is 0.326 e. The molecule has 20 heavy (non-hydrogen) atoms. The van der Waals surface area contributed by atoms with Crippen molar-refractivity contribution in [2.75, 3.05) is 14.1 Å². The molecular formula is C11H17N3O5S. The third-order valence-electron chi connectivity index (χ3n) is 3.04. The average Bonchev–Trinajstić information content (AvgIpc) is 2.78.